The van der Waals surface area contributed by atoms with Gasteiger partial charge in [-0.3, -0.25) is 4.79 Å². The molecule has 1 saturated heterocycles. The van der Waals surface area contributed by atoms with Crippen LogP contribution in [0.15, 0.2) is 35.1 Å². The van der Waals surface area contributed by atoms with Crippen molar-refractivity contribution in [3.8, 4) is 22.6 Å². The molecule has 0 saturated carbocycles. The van der Waals surface area contributed by atoms with Gasteiger partial charge in [-0.15, -0.1) is 0 Å². The number of carbonyl (C=O) groups is 1. The third-order valence-electron chi connectivity index (χ3n) is 4.36. The van der Waals surface area contributed by atoms with Gasteiger partial charge in [-0.1, -0.05) is 11.2 Å². The molecular formula is C18H16F2N4O3. The van der Waals surface area contributed by atoms with Crippen LogP contribution < -0.4 is 5.32 Å². The van der Waals surface area contributed by atoms with Gasteiger partial charge < -0.3 is 19.6 Å². The maximum absolute atomic E-state index is 14.1. The van der Waals surface area contributed by atoms with E-state index in [0.717, 1.165) is 18.9 Å². The summed E-state index contributed by atoms with van der Waals surface area (Å²) in [5.74, 6) is -2.28. The molecule has 9 heteroatoms. The molecule has 3 heterocycles. The number of nitrogens with one attached hydrogen (secondary N) is 2. The molecule has 2 aromatic heterocycles. The normalized spacial score (nSPS) is 16.6. The minimum atomic E-state index is -1.04. The summed E-state index contributed by atoms with van der Waals surface area (Å²) in [6.45, 7) is 1.11. The summed E-state index contributed by atoms with van der Waals surface area (Å²) in [6.07, 6.45) is 4.67. The van der Waals surface area contributed by atoms with Crippen LogP contribution in [0.5, 0.6) is 0 Å². The number of carbonyl (C=O) groups excluding carboxylic acids is 1. The molecule has 0 radical (unpaired) electrons. The Labute approximate surface area is 152 Å². The van der Waals surface area contributed by atoms with Gasteiger partial charge in [-0.05, 0) is 25.0 Å². The first-order valence-electron chi connectivity index (χ1n) is 8.47. The number of halogens is 2. The van der Waals surface area contributed by atoms with E-state index < -0.39 is 11.6 Å². The van der Waals surface area contributed by atoms with Crippen LogP contribution in [0.1, 0.15) is 23.5 Å². The van der Waals surface area contributed by atoms with Crippen molar-refractivity contribution in [1.82, 2.24) is 20.4 Å². The van der Waals surface area contributed by atoms with Crippen LogP contribution in [0.25, 0.3) is 22.6 Å². The highest BCUT2D eigenvalue weighted by Gasteiger charge is 2.22. The van der Waals surface area contributed by atoms with E-state index in [1.54, 1.807) is 0 Å². The number of H-pyrrole nitrogens is 1. The molecule has 1 aliphatic rings. The number of nitrogens with zero attached hydrogens (tertiary/aromatic N) is 2. The lowest BCUT2D eigenvalue weighted by atomic mass is 10.1. The summed E-state index contributed by atoms with van der Waals surface area (Å²) in [5.41, 5.74) is 0.698. The van der Waals surface area contributed by atoms with Crippen molar-refractivity contribution in [2.45, 2.75) is 18.9 Å². The average Bonchev–Trinajstić information content (AvgIpc) is 3.42. The first-order valence-corrected chi connectivity index (χ1v) is 8.47. The Balaban J connectivity index is 1.55. The fourth-order valence-corrected chi connectivity index (χ4v) is 2.97. The fourth-order valence-electron chi connectivity index (χ4n) is 2.97. The summed E-state index contributed by atoms with van der Waals surface area (Å²) in [6, 6.07) is 3.77. The van der Waals surface area contributed by atoms with Crippen molar-refractivity contribution in [2.24, 2.45) is 0 Å². The van der Waals surface area contributed by atoms with Crippen molar-refractivity contribution in [3.05, 3.63) is 48.1 Å². The molecular weight excluding hydrogens is 358 g/mol. The minimum absolute atomic E-state index is 0.0176. The van der Waals surface area contributed by atoms with E-state index in [0.29, 0.717) is 24.4 Å². The highest BCUT2D eigenvalue weighted by molar-refractivity contribution is 5.91. The molecule has 0 aliphatic carbocycles. The van der Waals surface area contributed by atoms with Gasteiger partial charge in [0.2, 0.25) is 0 Å². The summed E-state index contributed by atoms with van der Waals surface area (Å²) in [5, 5.41) is 6.42. The van der Waals surface area contributed by atoms with Gasteiger partial charge in [0.25, 0.3) is 5.91 Å². The van der Waals surface area contributed by atoms with Crippen molar-refractivity contribution in [2.75, 3.05) is 13.2 Å². The fraction of sp³-hybridized carbons (Fsp3) is 0.278. The third-order valence-corrected chi connectivity index (χ3v) is 4.36. The zero-order valence-electron chi connectivity index (χ0n) is 14.2. The van der Waals surface area contributed by atoms with Gasteiger partial charge in [0.05, 0.1) is 35.3 Å². The average molecular weight is 374 g/mol. The second kappa shape index (κ2) is 7.28. The molecule has 0 bridgehead atoms. The maximum atomic E-state index is 14.1. The quantitative estimate of drug-likeness (QED) is 0.716. The van der Waals surface area contributed by atoms with Crippen LogP contribution in [0.3, 0.4) is 0 Å². The van der Waals surface area contributed by atoms with E-state index in [1.807, 2.05) is 0 Å². The molecule has 1 aromatic carbocycles. The predicted molar refractivity (Wildman–Crippen MR) is 90.7 cm³/mol. The Hall–Kier alpha value is -3.07. The molecule has 1 fully saturated rings. The lowest BCUT2D eigenvalue weighted by Gasteiger charge is -2.09. The van der Waals surface area contributed by atoms with Gasteiger partial charge in [0.1, 0.15) is 0 Å². The van der Waals surface area contributed by atoms with Gasteiger partial charge in [0.15, 0.2) is 23.2 Å². The van der Waals surface area contributed by atoms with Gasteiger partial charge >= 0.3 is 0 Å². The van der Waals surface area contributed by atoms with Crippen LogP contribution in [0.2, 0.25) is 0 Å². The molecule has 27 heavy (non-hydrogen) atoms. The Morgan fingerprint density at radius 3 is 3.00 bits per heavy atom. The number of rotatable bonds is 5. The van der Waals surface area contributed by atoms with Crippen LogP contribution in [0.4, 0.5) is 8.78 Å². The molecule has 1 atom stereocenters. The van der Waals surface area contributed by atoms with Gasteiger partial charge in [-0.2, -0.15) is 0 Å². The topological polar surface area (TPSA) is 93.0 Å². The number of ether oxygens (including phenoxy) is 1. The largest absolute Gasteiger partial charge is 0.376 e. The van der Waals surface area contributed by atoms with Crippen LogP contribution in [-0.4, -0.2) is 40.3 Å². The van der Waals surface area contributed by atoms with Crippen molar-refractivity contribution < 1.29 is 22.8 Å². The minimum Gasteiger partial charge on any atom is -0.376 e. The Morgan fingerprint density at radius 1 is 1.30 bits per heavy atom. The number of benzene rings is 1. The molecule has 0 spiro atoms. The van der Waals surface area contributed by atoms with Crippen LogP contribution in [0, 0.1) is 11.6 Å². The van der Waals surface area contributed by atoms with Crippen molar-refractivity contribution >= 4 is 5.91 Å². The lowest BCUT2D eigenvalue weighted by molar-refractivity contribution is 0.0850. The van der Waals surface area contributed by atoms with Crippen LogP contribution >= 0.6 is 0 Å². The van der Waals surface area contributed by atoms with E-state index in [1.165, 1.54) is 24.5 Å². The van der Waals surface area contributed by atoms with Crippen LogP contribution in [-0.2, 0) is 4.74 Å². The second-order valence-electron chi connectivity index (χ2n) is 6.16. The predicted octanol–water partition coefficient (Wildman–Crippen LogP) is 2.92. The smallest absolute Gasteiger partial charge is 0.287 e. The SMILES string of the molecule is O=C(NC[C@@H]1CCCO1)c1ncc(-c2cnoc2-c2cccc(F)c2F)[nH]1. The number of hydrogen-bond donors (Lipinski definition) is 2. The van der Waals surface area contributed by atoms with E-state index >= 15 is 0 Å². The Morgan fingerprint density at radius 2 is 2.19 bits per heavy atom. The van der Waals surface area contributed by atoms with Crippen molar-refractivity contribution in [1.29, 1.82) is 0 Å². The first kappa shape index (κ1) is 17.3. The molecule has 1 aliphatic heterocycles. The zero-order valence-corrected chi connectivity index (χ0v) is 14.2. The molecule has 4 rings (SSSR count). The highest BCUT2D eigenvalue weighted by Crippen LogP contribution is 2.33. The molecule has 2 N–H and O–H groups in total. The Bertz CT molecular complexity index is 963. The van der Waals surface area contributed by atoms with Crippen molar-refractivity contribution in [3.63, 3.8) is 0 Å². The summed E-state index contributed by atoms with van der Waals surface area (Å²) < 4.78 is 38.1. The zero-order chi connectivity index (χ0) is 18.8. The molecule has 0 unspecified atom stereocenters. The Kier molecular flexibility index (Phi) is 4.68. The third kappa shape index (κ3) is 3.45. The summed E-state index contributed by atoms with van der Waals surface area (Å²) in [4.78, 5) is 19.1. The van der Waals surface area contributed by atoms with E-state index in [2.05, 4.69) is 20.4 Å². The molecule has 140 valence electrons. The second-order valence-corrected chi connectivity index (χ2v) is 6.16. The lowest BCUT2D eigenvalue weighted by Crippen LogP contribution is -2.32. The highest BCUT2D eigenvalue weighted by atomic mass is 19.2. The van der Waals surface area contributed by atoms with E-state index in [9.17, 15) is 13.6 Å². The number of amides is 1. The molecule has 7 nitrogen and oxygen atoms in total. The number of aromatic amines is 1. The van der Waals surface area contributed by atoms with E-state index in [4.69, 9.17) is 9.26 Å². The number of aromatic nitrogens is 3. The van der Waals surface area contributed by atoms with E-state index in [-0.39, 0.29) is 29.2 Å². The maximum Gasteiger partial charge on any atom is 0.287 e. The monoisotopic (exact) mass is 374 g/mol. The van der Waals surface area contributed by atoms with Gasteiger partial charge in [-0.25, -0.2) is 13.8 Å². The first-order chi connectivity index (χ1) is 13.1. The summed E-state index contributed by atoms with van der Waals surface area (Å²) in [7, 11) is 0. The summed E-state index contributed by atoms with van der Waals surface area (Å²) >= 11 is 0. The standard InChI is InChI=1S/C18H16F2N4O3/c19-13-5-1-4-11(15(13)20)16-12(8-23-27-16)14-9-21-17(24-14)18(25)22-7-10-3-2-6-26-10/h1,4-5,8-10H,2-3,6-7H2,(H,21,24)(H,22,25)/t10-/m0/s1. The number of hydrogen-bond acceptors (Lipinski definition) is 5. The number of imidazole rings is 1. The molecule has 3 aromatic rings. The van der Waals surface area contributed by atoms with Gasteiger partial charge in [0, 0.05) is 13.2 Å². The molecule has 1 amide bonds.